The minimum atomic E-state index is -0.468. The van der Waals surface area contributed by atoms with Crippen LogP contribution in [0.3, 0.4) is 0 Å². The molecule has 0 unspecified atom stereocenters. The van der Waals surface area contributed by atoms with Crippen molar-refractivity contribution >= 4 is 29.2 Å². The van der Waals surface area contributed by atoms with Crippen molar-refractivity contribution in [3.05, 3.63) is 121 Å². The maximum absolute atomic E-state index is 12.4. The number of carbonyl (C=O) groups excluding carboxylic acids is 2. The van der Waals surface area contributed by atoms with Gasteiger partial charge < -0.3 is 54.2 Å². The third-order valence-corrected chi connectivity index (χ3v) is 17.3. The van der Waals surface area contributed by atoms with E-state index >= 15 is 0 Å². The number of piperazine rings is 3. The van der Waals surface area contributed by atoms with E-state index in [0.717, 1.165) is 100.0 Å². The molecule has 10 atom stereocenters. The first-order chi connectivity index (χ1) is 41.5. The molecule has 4 aromatic rings. The summed E-state index contributed by atoms with van der Waals surface area (Å²) < 4.78 is 16.2. The minimum Gasteiger partial charge on any atom is -0.508 e. The molecular weight excluding hydrogens is 1100 g/mol. The number of benzene rings is 4. The van der Waals surface area contributed by atoms with Crippen LogP contribution in [0.2, 0.25) is 0 Å². The number of aromatic hydroxyl groups is 2. The Kier molecular flexibility index (Phi) is 28.6. The summed E-state index contributed by atoms with van der Waals surface area (Å²) in [6.45, 7) is 47.0. The first-order valence-electron chi connectivity index (χ1n) is 32.9. The number of hydrogen-bond donors (Lipinski definition) is 3. The lowest BCUT2D eigenvalue weighted by atomic mass is 9.95. The summed E-state index contributed by atoms with van der Waals surface area (Å²) in [5.41, 5.74) is 3.92. The number of amides is 2. The molecule has 15 heteroatoms. The van der Waals surface area contributed by atoms with Crippen LogP contribution in [0.15, 0.2) is 116 Å². The highest BCUT2D eigenvalue weighted by molar-refractivity contribution is 5.70. The predicted molar refractivity (Wildman–Crippen MR) is 366 cm³/mol. The molecule has 0 aliphatic carbocycles. The molecule has 5 heterocycles. The molecule has 2 amide bonds. The molecule has 0 spiro atoms. The fraction of sp³-hybridized carbons (Fsp3) is 0.616. The standard InChI is InChI=1S/C21H28N2O.C18H28N2O3.C12H18N2O.C12H23NO2.C10H19N/c1-17-16-23(20-11-6-12-21(24)14-20)18(2)15-22(17)13-7-10-19-8-4-3-5-9-19;1-13-12-20(17(21)23-18(3,4)5)14(2)11-19(13)15-8-7-9-16(10-15)22-6;1-9-8-14(10(2)7-13-9)11-4-3-5-12(15)6-11;1-9-6-7-10(2)13(8-9)11(14)15-12(3,4)5;1-4-7-11-8-9(2)5-6-10(11)3/h3-6,8-9,11-12,14,17-18,24H,7,10,13,15-16H2,1-2H3;7-10,13-14H,11-12H2,1-6H3;3-6,9-10,13,15H,7-8H2,1-2H3;9-10H,6-8H2,1-5H3;4,9-10H,1,5-8H2,2-3H3/t17-,18+;13-,14+;9-,10+;2*9-,10-/m10110/s1. The Balaban J connectivity index is 0.000000206. The molecule has 4 aromatic carbocycles. The van der Waals surface area contributed by atoms with Crippen LogP contribution in [-0.4, -0.2) is 174 Å². The number of nitrogens with zero attached hydrogens (tertiary/aromatic N) is 7. The Morgan fingerprint density at radius 3 is 1.58 bits per heavy atom. The SMILES string of the molecule is C=CCN1C[C@@H](C)CC[C@@H]1C.COc1cccc(N2C[C@@H](C)N(C(=O)OC(C)(C)C)C[C@@H]2C)c1.C[C@@H]1CC[C@@H](C)N(C(=O)OC(C)(C)C)C1.C[C@@H]1CN(c2cccc(O)c2)[C@@H](C)CN1.C[C@@H]1CN(c2cccc(O)c2)[C@@H](C)CN1CCCc1ccccc1. The summed E-state index contributed by atoms with van der Waals surface area (Å²) in [5, 5.41) is 22.6. The van der Waals surface area contributed by atoms with E-state index in [1.54, 1.807) is 19.2 Å². The van der Waals surface area contributed by atoms with Crippen LogP contribution in [0.1, 0.15) is 148 Å². The van der Waals surface area contributed by atoms with E-state index in [1.807, 2.05) is 106 Å². The topological polar surface area (TPSA) is 137 Å². The first-order valence-corrected chi connectivity index (χ1v) is 32.9. The van der Waals surface area contributed by atoms with Gasteiger partial charge in [0.2, 0.25) is 0 Å². The average molecular weight is 1220 g/mol. The smallest absolute Gasteiger partial charge is 0.410 e. The van der Waals surface area contributed by atoms with E-state index in [0.29, 0.717) is 54.2 Å². The lowest BCUT2D eigenvalue weighted by Crippen LogP contribution is -2.59. The summed E-state index contributed by atoms with van der Waals surface area (Å²) in [7, 11) is 1.67. The molecule has 0 radical (unpaired) electrons. The fourth-order valence-corrected chi connectivity index (χ4v) is 12.2. The van der Waals surface area contributed by atoms with Gasteiger partial charge in [-0.15, -0.1) is 6.58 Å². The second-order valence-corrected chi connectivity index (χ2v) is 27.9. The van der Waals surface area contributed by atoms with Gasteiger partial charge in [0.05, 0.1) is 7.11 Å². The monoisotopic (exact) mass is 1220 g/mol. The number of ether oxygens (including phenoxy) is 3. The molecule has 3 N–H and O–H groups in total. The van der Waals surface area contributed by atoms with Crippen LogP contribution in [0.5, 0.6) is 17.2 Å². The Bertz CT molecular complexity index is 2700. The van der Waals surface area contributed by atoms with Crippen molar-refractivity contribution in [1.29, 1.82) is 0 Å². The number of nitrogens with one attached hydrogen (secondary N) is 1. The molecule has 5 fully saturated rings. The van der Waals surface area contributed by atoms with Crippen LogP contribution in [0, 0.1) is 11.8 Å². The number of hydrogen-bond acceptors (Lipinski definition) is 13. The average Bonchev–Trinajstić information content (AvgIpc) is 1.43. The summed E-state index contributed by atoms with van der Waals surface area (Å²) in [4.78, 5) is 40.1. The highest BCUT2D eigenvalue weighted by atomic mass is 16.6. The van der Waals surface area contributed by atoms with Gasteiger partial charge in [-0.2, -0.15) is 0 Å². The zero-order chi connectivity index (χ0) is 64.9. The Morgan fingerprint density at radius 2 is 1.03 bits per heavy atom. The molecule has 5 saturated heterocycles. The quantitative estimate of drug-likeness (QED) is 0.130. The molecule has 5 aliphatic heterocycles. The number of phenols is 2. The highest BCUT2D eigenvalue weighted by Gasteiger charge is 2.36. The molecular formula is C73H116N8O7. The second-order valence-electron chi connectivity index (χ2n) is 27.9. The lowest BCUT2D eigenvalue weighted by Gasteiger charge is -2.45. The van der Waals surface area contributed by atoms with Crippen molar-refractivity contribution in [3.63, 3.8) is 0 Å². The van der Waals surface area contributed by atoms with E-state index in [4.69, 9.17) is 14.2 Å². The van der Waals surface area contributed by atoms with Gasteiger partial charge in [0.25, 0.3) is 0 Å². The molecule has 9 rings (SSSR count). The molecule has 15 nitrogen and oxygen atoms in total. The Morgan fingerprint density at radius 1 is 0.534 bits per heavy atom. The number of piperidine rings is 2. The van der Waals surface area contributed by atoms with Crippen molar-refractivity contribution in [2.75, 3.05) is 87.3 Å². The fourth-order valence-electron chi connectivity index (χ4n) is 12.2. The number of phenolic OH excluding ortho intramolecular Hbond substituents is 2. The van der Waals surface area contributed by atoms with Crippen LogP contribution in [0.4, 0.5) is 26.7 Å². The van der Waals surface area contributed by atoms with Crippen molar-refractivity contribution in [3.8, 4) is 17.2 Å². The number of methoxy groups -OCH3 is 1. The van der Waals surface area contributed by atoms with Gasteiger partial charge in [-0.1, -0.05) is 68.5 Å². The Hall–Kier alpha value is -6.16. The van der Waals surface area contributed by atoms with Gasteiger partial charge in [0.15, 0.2) is 0 Å². The number of rotatable bonds is 10. The van der Waals surface area contributed by atoms with E-state index in [9.17, 15) is 19.8 Å². The summed E-state index contributed by atoms with van der Waals surface area (Å²) in [5.74, 6) is 3.00. The third kappa shape index (κ3) is 24.0. The van der Waals surface area contributed by atoms with Crippen LogP contribution in [-0.2, 0) is 15.9 Å². The van der Waals surface area contributed by atoms with Gasteiger partial charge in [0.1, 0.15) is 28.5 Å². The number of likely N-dealkylation sites (tertiary alicyclic amines) is 2. The molecule has 88 heavy (non-hydrogen) atoms. The largest absolute Gasteiger partial charge is 0.508 e. The molecule has 490 valence electrons. The zero-order valence-corrected chi connectivity index (χ0v) is 57.3. The maximum Gasteiger partial charge on any atom is 0.410 e. The normalized spacial score (nSPS) is 25.2. The first kappa shape index (κ1) is 72.6. The highest BCUT2D eigenvalue weighted by Crippen LogP contribution is 2.30. The van der Waals surface area contributed by atoms with Crippen LogP contribution >= 0.6 is 0 Å². The van der Waals surface area contributed by atoms with E-state index < -0.39 is 11.2 Å². The number of anilines is 3. The second kappa shape index (κ2) is 34.7. The predicted octanol–water partition coefficient (Wildman–Crippen LogP) is 14.4. The van der Waals surface area contributed by atoms with Crippen LogP contribution in [0.25, 0.3) is 0 Å². The van der Waals surface area contributed by atoms with E-state index in [1.165, 1.54) is 37.8 Å². The number of aryl methyl sites for hydroxylation is 1. The molecule has 0 saturated carbocycles. The number of carbonyl (C=O) groups is 2. The summed E-state index contributed by atoms with van der Waals surface area (Å²) in [6.07, 6.45) is 9.00. The minimum absolute atomic E-state index is 0.0900. The van der Waals surface area contributed by atoms with Crippen LogP contribution < -0.4 is 24.8 Å². The van der Waals surface area contributed by atoms with Crippen molar-refractivity contribution < 1.29 is 34.0 Å². The maximum atomic E-state index is 12.4. The molecule has 5 aliphatic rings. The van der Waals surface area contributed by atoms with E-state index in [2.05, 4.69) is 148 Å². The van der Waals surface area contributed by atoms with Gasteiger partial charge in [0, 0.05) is 142 Å². The third-order valence-electron chi connectivity index (χ3n) is 17.3. The van der Waals surface area contributed by atoms with Gasteiger partial charge in [-0.3, -0.25) is 9.80 Å². The summed E-state index contributed by atoms with van der Waals surface area (Å²) >= 11 is 0. The van der Waals surface area contributed by atoms with Gasteiger partial charge in [-0.25, -0.2) is 9.59 Å². The van der Waals surface area contributed by atoms with Gasteiger partial charge >= 0.3 is 12.2 Å². The lowest BCUT2D eigenvalue weighted by molar-refractivity contribution is 0.00638. The molecule has 0 aromatic heterocycles. The van der Waals surface area contributed by atoms with Crippen molar-refractivity contribution in [1.82, 2.24) is 24.9 Å². The van der Waals surface area contributed by atoms with Crippen molar-refractivity contribution in [2.24, 2.45) is 11.8 Å². The van der Waals surface area contributed by atoms with Crippen molar-refractivity contribution in [2.45, 2.75) is 209 Å². The summed E-state index contributed by atoms with van der Waals surface area (Å²) in [6, 6.07) is 37.2. The van der Waals surface area contributed by atoms with Gasteiger partial charge in [-0.05, 0) is 196 Å². The van der Waals surface area contributed by atoms with E-state index in [-0.39, 0.29) is 24.3 Å². The molecule has 0 bridgehead atoms. The Labute approximate surface area is 532 Å². The zero-order valence-electron chi connectivity index (χ0n) is 57.3.